The Morgan fingerprint density at radius 2 is 1.72 bits per heavy atom. The van der Waals surface area contributed by atoms with Crippen molar-refractivity contribution in [2.75, 3.05) is 0 Å². The van der Waals surface area contributed by atoms with E-state index in [-0.39, 0.29) is 36.5 Å². The molecule has 3 rings (SSSR count). The fourth-order valence-corrected chi connectivity index (χ4v) is 4.26. The number of nitro benzene ring substituents is 1. The number of rotatable bonds is 8. The van der Waals surface area contributed by atoms with Gasteiger partial charge < -0.3 is 10.2 Å². The third-order valence-corrected chi connectivity index (χ3v) is 6.32. The van der Waals surface area contributed by atoms with Gasteiger partial charge in [0.1, 0.15) is 6.04 Å². The molecule has 170 valence electrons. The van der Waals surface area contributed by atoms with Gasteiger partial charge in [0, 0.05) is 29.2 Å². The van der Waals surface area contributed by atoms with Crippen LogP contribution in [0.25, 0.3) is 0 Å². The smallest absolute Gasteiger partial charge is 0.273 e. The molecule has 0 radical (unpaired) electrons. The Labute approximate surface area is 192 Å². The van der Waals surface area contributed by atoms with Crippen molar-refractivity contribution in [3.8, 4) is 0 Å². The maximum Gasteiger partial charge on any atom is 0.273 e. The molecule has 0 aromatic heterocycles. The quantitative estimate of drug-likeness (QED) is 0.461. The van der Waals surface area contributed by atoms with E-state index in [1.165, 1.54) is 17.4 Å². The zero-order chi connectivity index (χ0) is 23.1. The minimum Gasteiger partial charge on any atom is -0.352 e. The number of benzene rings is 2. The summed E-state index contributed by atoms with van der Waals surface area (Å²) in [6, 6.07) is 12.7. The number of hydrogen-bond donors (Lipinski definition) is 1. The molecule has 0 saturated heterocycles. The van der Waals surface area contributed by atoms with Crippen LogP contribution in [0, 0.1) is 10.1 Å². The van der Waals surface area contributed by atoms with Gasteiger partial charge in [-0.3, -0.25) is 19.7 Å². The van der Waals surface area contributed by atoms with Crippen LogP contribution < -0.4 is 5.32 Å². The zero-order valence-electron chi connectivity index (χ0n) is 18.1. The second kappa shape index (κ2) is 11.1. The summed E-state index contributed by atoms with van der Waals surface area (Å²) in [6.45, 7) is 1.82. The first kappa shape index (κ1) is 23.7. The second-order valence-electron chi connectivity index (χ2n) is 8.20. The molecular weight excluding hydrogens is 430 g/mol. The summed E-state index contributed by atoms with van der Waals surface area (Å²) < 4.78 is 0. The third kappa shape index (κ3) is 6.07. The lowest BCUT2D eigenvalue weighted by Gasteiger charge is -2.31. The fraction of sp³-hybridized carbons (Fsp3) is 0.417. The summed E-state index contributed by atoms with van der Waals surface area (Å²) in [5.41, 5.74) is 0.909. The first-order valence-corrected chi connectivity index (χ1v) is 11.3. The van der Waals surface area contributed by atoms with Crippen molar-refractivity contribution in [3.05, 3.63) is 74.8 Å². The average Bonchev–Trinajstić information content (AvgIpc) is 2.79. The zero-order valence-corrected chi connectivity index (χ0v) is 18.9. The van der Waals surface area contributed by atoms with Gasteiger partial charge in [-0.05, 0) is 31.4 Å². The molecule has 0 heterocycles. The molecule has 2 aromatic carbocycles. The number of hydrogen-bond acceptors (Lipinski definition) is 4. The molecule has 0 spiro atoms. The summed E-state index contributed by atoms with van der Waals surface area (Å²) in [5, 5.41) is 14.9. The van der Waals surface area contributed by atoms with E-state index in [1.54, 1.807) is 43.3 Å². The van der Waals surface area contributed by atoms with Crippen LogP contribution in [0.15, 0.2) is 48.5 Å². The normalized spacial score (nSPS) is 15.1. The van der Waals surface area contributed by atoms with Gasteiger partial charge >= 0.3 is 0 Å². The first-order chi connectivity index (χ1) is 15.4. The lowest BCUT2D eigenvalue weighted by Crippen LogP contribution is -2.50. The maximum absolute atomic E-state index is 13.3. The van der Waals surface area contributed by atoms with Crippen molar-refractivity contribution in [3.63, 3.8) is 0 Å². The minimum atomic E-state index is -0.747. The lowest BCUT2D eigenvalue weighted by molar-refractivity contribution is -0.385. The molecule has 2 amide bonds. The molecular formula is C24H28ClN3O4. The van der Waals surface area contributed by atoms with E-state index in [0.717, 1.165) is 25.7 Å². The predicted octanol–water partition coefficient (Wildman–Crippen LogP) is 4.66. The van der Waals surface area contributed by atoms with Crippen molar-refractivity contribution >= 4 is 29.1 Å². The van der Waals surface area contributed by atoms with Gasteiger partial charge in [-0.15, -0.1) is 0 Å². The summed E-state index contributed by atoms with van der Waals surface area (Å²) in [7, 11) is 0. The number of nitro groups is 1. The molecule has 0 unspecified atom stereocenters. The number of nitrogens with zero attached hydrogens (tertiary/aromatic N) is 2. The van der Waals surface area contributed by atoms with Crippen molar-refractivity contribution < 1.29 is 14.5 Å². The monoisotopic (exact) mass is 457 g/mol. The van der Waals surface area contributed by atoms with Crippen LogP contribution in [0.5, 0.6) is 0 Å². The number of para-hydroxylation sites is 1. The van der Waals surface area contributed by atoms with Crippen LogP contribution in [0.2, 0.25) is 5.02 Å². The number of amides is 2. The van der Waals surface area contributed by atoms with Crippen LogP contribution in [0.1, 0.15) is 50.2 Å². The SMILES string of the molecule is C[C@@H](C(=O)NC1CCCCC1)N(Cc1ccccc1Cl)C(=O)Cc1ccccc1[N+](=O)[O-]. The molecule has 7 nitrogen and oxygen atoms in total. The van der Waals surface area contributed by atoms with Gasteiger partial charge in [0.15, 0.2) is 0 Å². The Hall–Kier alpha value is -2.93. The summed E-state index contributed by atoms with van der Waals surface area (Å²) >= 11 is 6.31. The standard InChI is InChI=1S/C24H28ClN3O4/c1-17(24(30)26-20-11-3-2-4-12-20)27(16-19-10-5-7-13-21(19)25)23(29)15-18-9-6-8-14-22(18)28(31)32/h5-10,13-14,17,20H,2-4,11-12,15-16H2,1H3,(H,26,30)/t17-/m0/s1. The highest BCUT2D eigenvalue weighted by atomic mass is 35.5. The Morgan fingerprint density at radius 3 is 2.38 bits per heavy atom. The largest absolute Gasteiger partial charge is 0.352 e. The predicted molar refractivity (Wildman–Crippen MR) is 123 cm³/mol. The van der Waals surface area contributed by atoms with Crippen LogP contribution in [-0.4, -0.2) is 33.7 Å². The number of halogens is 1. The molecule has 1 fully saturated rings. The van der Waals surface area contributed by atoms with Crippen molar-refractivity contribution in [2.24, 2.45) is 0 Å². The molecule has 1 atom stereocenters. The van der Waals surface area contributed by atoms with E-state index in [0.29, 0.717) is 16.1 Å². The molecule has 8 heteroatoms. The van der Waals surface area contributed by atoms with E-state index in [1.807, 2.05) is 6.07 Å². The average molecular weight is 458 g/mol. The highest BCUT2D eigenvalue weighted by Gasteiger charge is 2.29. The number of nitrogens with one attached hydrogen (secondary N) is 1. The molecule has 0 bridgehead atoms. The minimum absolute atomic E-state index is 0.113. The van der Waals surface area contributed by atoms with Crippen molar-refractivity contribution in [1.29, 1.82) is 0 Å². The Balaban J connectivity index is 1.82. The van der Waals surface area contributed by atoms with Crippen molar-refractivity contribution in [1.82, 2.24) is 10.2 Å². The topological polar surface area (TPSA) is 92.6 Å². The maximum atomic E-state index is 13.3. The van der Waals surface area contributed by atoms with Gasteiger partial charge in [-0.25, -0.2) is 0 Å². The van der Waals surface area contributed by atoms with Gasteiger partial charge in [-0.1, -0.05) is 67.3 Å². The van der Waals surface area contributed by atoms with E-state index >= 15 is 0 Å². The van der Waals surface area contributed by atoms with Gasteiger partial charge in [-0.2, -0.15) is 0 Å². The Kier molecular flexibility index (Phi) is 8.22. The third-order valence-electron chi connectivity index (χ3n) is 5.95. The Morgan fingerprint density at radius 1 is 1.09 bits per heavy atom. The highest BCUT2D eigenvalue weighted by Crippen LogP contribution is 2.23. The number of carbonyl (C=O) groups excluding carboxylic acids is 2. The van der Waals surface area contributed by atoms with Gasteiger partial charge in [0.2, 0.25) is 11.8 Å². The summed E-state index contributed by atoms with van der Waals surface area (Å²) in [4.78, 5) is 38.7. The highest BCUT2D eigenvalue weighted by molar-refractivity contribution is 6.31. The van der Waals surface area contributed by atoms with E-state index in [9.17, 15) is 19.7 Å². The first-order valence-electron chi connectivity index (χ1n) is 10.9. The van der Waals surface area contributed by atoms with E-state index in [2.05, 4.69) is 5.32 Å². The molecule has 0 aliphatic heterocycles. The molecule has 1 aliphatic rings. The fourth-order valence-electron chi connectivity index (χ4n) is 4.06. The van der Waals surface area contributed by atoms with Crippen LogP contribution in [-0.2, 0) is 22.6 Å². The lowest BCUT2D eigenvalue weighted by atomic mass is 9.95. The van der Waals surface area contributed by atoms with Crippen LogP contribution >= 0.6 is 11.6 Å². The second-order valence-corrected chi connectivity index (χ2v) is 8.60. The molecule has 1 saturated carbocycles. The summed E-state index contributed by atoms with van der Waals surface area (Å²) in [5.74, 6) is -0.592. The Bertz CT molecular complexity index is 975. The molecule has 32 heavy (non-hydrogen) atoms. The molecule has 2 aromatic rings. The van der Waals surface area contributed by atoms with E-state index in [4.69, 9.17) is 11.6 Å². The molecule has 1 aliphatic carbocycles. The summed E-state index contributed by atoms with van der Waals surface area (Å²) in [6.07, 6.45) is 5.04. The molecule has 1 N–H and O–H groups in total. The van der Waals surface area contributed by atoms with Crippen LogP contribution in [0.4, 0.5) is 5.69 Å². The van der Waals surface area contributed by atoms with E-state index < -0.39 is 11.0 Å². The van der Waals surface area contributed by atoms with Gasteiger partial charge in [0.05, 0.1) is 11.3 Å². The van der Waals surface area contributed by atoms with Crippen molar-refractivity contribution in [2.45, 2.75) is 64.1 Å². The number of carbonyl (C=O) groups is 2. The van der Waals surface area contributed by atoms with Gasteiger partial charge in [0.25, 0.3) is 5.69 Å². The van der Waals surface area contributed by atoms with Crippen LogP contribution in [0.3, 0.4) is 0 Å².